The van der Waals surface area contributed by atoms with Gasteiger partial charge in [0.25, 0.3) is 0 Å². The van der Waals surface area contributed by atoms with E-state index in [0.717, 1.165) is 31.6 Å². The van der Waals surface area contributed by atoms with Crippen LogP contribution in [0.2, 0.25) is 6.32 Å². The second kappa shape index (κ2) is 6.40. The molecule has 0 aromatic carbocycles. The molecule has 0 amide bonds. The van der Waals surface area contributed by atoms with Crippen molar-refractivity contribution in [2.24, 2.45) is 18.9 Å². The predicted molar refractivity (Wildman–Crippen MR) is 82.5 cm³/mol. The van der Waals surface area contributed by atoms with Gasteiger partial charge in [-0.3, -0.25) is 0 Å². The van der Waals surface area contributed by atoms with E-state index in [2.05, 4.69) is 36.9 Å². The first-order valence-corrected chi connectivity index (χ1v) is 7.98. The first kappa shape index (κ1) is 14.9. The summed E-state index contributed by atoms with van der Waals surface area (Å²) in [6, 6.07) is 0. The van der Waals surface area contributed by atoms with Gasteiger partial charge >= 0.3 is 126 Å². The van der Waals surface area contributed by atoms with E-state index in [0.29, 0.717) is 11.8 Å². The summed E-state index contributed by atoms with van der Waals surface area (Å²) in [6.07, 6.45) is 5.19. The third kappa shape index (κ3) is 2.83. The van der Waals surface area contributed by atoms with Gasteiger partial charge in [-0.25, -0.2) is 0 Å². The van der Waals surface area contributed by atoms with Crippen molar-refractivity contribution in [2.45, 2.75) is 51.3 Å². The molecule has 5 nitrogen and oxygen atoms in total. The van der Waals surface area contributed by atoms with E-state index in [-0.39, 0.29) is 18.3 Å². The summed E-state index contributed by atoms with van der Waals surface area (Å²) in [6.45, 7) is 7.39. The van der Waals surface area contributed by atoms with Crippen molar-refractivity contribution in [1.82, 2.24) is 14.8 Å². The zero-order valence-corrected chi connectivity index (χ0v) is 13.1. The fourth-order valence-electron chi connectivity index (χ4n) is 3.70. The van der Waals surface area contributed by atoms with Gasteiger partial charge in [0, 0.05) is 0 Å². The van der Waals surface area contributed by atoms with Crippen molar-refractivity contribution < 1.29 is 9.47 Å². The molecule has 0 saturated carbocycles. The fraction of sp³-hybridized carbons (Fsp3) is 0.800. The predicted octanol–water partition coefficient (Wildman–Crippen LogP) is 1.63. The minimum absolute atomic E-state index is 0.0388. The molecule has 0 spiro atoms. The summed E-state index contributed by atoms with van der Waals surface area (Å²) in [5.74, 6) is 3.94. The number of rotatable bonds is 2. The van der Waals surface area contributed by atoms with Crippen molar-refractivity contribution in [1.29, 1.82) is 0 Å². The van der Waals surface area contributed by atoms with E-state index in [4.69, 9.17) is 9.47 Å². The van der Waals surface area contributed by atoms with Crippen LogP contribution in [0.25, 0.3) is 0 Å². The third-order valence-electron chi connectivity index (χ3n) is 4.84. The molecule has 0 aliphatic carbocycles. The Labute approximate surface area is 126 Å². The van der Waals surface area contributed by atoms with E-state index < -0.39 is 0 Å². The summed E-state index contributed by atoms with van der Waals surface area (Å²) < 4.78 is 14.5. The van der Waals surface area contributed by atoms with Crippen LogP contribution in [0.5, 0.6) is 0 Å². The van der Waals surface area contributed by atoms with Gasteiger partial charge in [0.1, 0.15) is 0 Å². The second-order valence-electron chi connectivity index (χ2n) is 6.13. The van der Waals surface area contributed by atoms with E-state index in [1.807, 2.05) is 11.6 Å². The second-order valence-corrected chi connectivity index (χ2v) is 6.13. The molecule has 2 aliphatic rings. The van der Waals surface area contributed by atoms with Gasteiger partial charge < -0.3 is 0 Å². The number of aromatic nitrogens is 3. The van der Waals surface area contributed by atoms with Gasteiger partial charge in [0.2, 0.25) is 0 Å². The van der Waals surface area contributed by atoms with Crippen molar-refractivity contribution in [2.75, 3.05) is 6.61 Å². The molecular formula is C15H24BN3O2. The van der Waals surface area contributed by atoms with Crippen LogP contribution in [0.15, 0.2) is 6.33 Å². The van der Waals surface area contributed by atoms with E-state index in [1.165, 1.54) is 0 Å². The quantitative estimate of drug-likeness (QED) is 0.776. The monoisotopic (exact) mass is 289 g/mol. The molecule has 1 fully saturated rings. The maximum atomic E-state index is 6.34. The zero-order chi connectivity index (χ0) is 14.8. The summed E-state index contributed by atoms with van der Waals surface area (Å²) >= 11 is 0. The molecule has 5 atom stereocenters. The van der Waals surface area contributed by atoms with Crippen LogP contribution >= 0.6 is 0 Å². The molecule has 1 aromatic rings. The number of ether oxygens (including phenoxy) is 2. The average Bonchev–Trinajstić information content (AvgIpc) is 2.85. The summed E-state index contributed by atoms with van der Waals surface area (Å²) in [4.78, 5) is 0. The fourth-order valence-corrected chi connectivity index (χ4v) is 3.70. The first-order chi connectivity index (χ1) is 10.2. The van der Waals surface area contributed by atoms with Crippen molar-refractivity contribution in [3.05, 3.63) is 12.2 Å². The molecule has 0 N–H and O–H groups in total. The van der Waals surface area contributed by atoms with Gasteiger partial charge in [-0.15, -0.1) is 0 Å². The molecule has 5 unspecified atom stereocenters. The van der Waals surface area contributed by atoms with E-state index in [1.54, 1.807) is 6.33 Å². The van der Waals surface area contributed by atoms with Crippen LogP contribution in [0, 0.1) is 11.8 Å². The number of aryl methyl sites for hydroxylation is 1. The Bertz CT molecular complexity index is 505. The summed E-state index contributed by atoms with van der Waals surface area (Å²) in [7, 11) is 1.98. The molecule has 3 heterocycles. The van der Waals surface area contributed by atoms with Gasteiger partial charge in [0.15, 0.2) is 0 Å². The van der Waals surface area contributed by atoms with Crippen molar-refractivity contribution >= 4 is 12.9 Å². The zero-order valence-electron chi connectivity index (χ0n) is 13.1. The van der Waals surface area contributed by atoms with Crippen molar-refractivity contribution in [3.8, 4) is 0 Å². The summed E-state index contributed by atoms with van der Waals surface area (Å²) in [5.41, 5.74) is 0. The SMILES string of the molecule is CCC1C(C)OC(c2nncn2C)C2CC=BCCOC12. The minimum atomic E-state index is -0.0388. The van der Waals surface area contributed by atoms with Crippen LogP contribution in [0.3, 0.4) is 0 Å². The number of hydrogen-bond acceptors (Lipinski definition) is 4. The number of hydrogen-bond donors (Lipinski definition) is 0. The molecule has 6 heteroatoms. The Kier molecular flexibility index (Phi) is 4.55. The molecule has 0 bridgehead atoms. The van der Waals surface area contributed by atoms with Gasteiger partial charge in [-0.05, 0) is 0 Å². The molecule has 0 radical (unpaired) electrons. The van der Waals surface area contributed by atoms with Crippen LogP contribution < -0.4 is 0 Å². The Hall–Kier alpha value is -1.01. The molecule has 2 aliphatic heterocycles. The van der Waals surface area contributed by atoms with Crippen LogP contribution in [0.4, 0.5) is 0 Å². The maximum absolute atomic E-state index is 6.34. The average molecular weight is 289 g/mol. The Balaban J connectivity index is 1.94. The van der Waals surface area contributed by atoms with Crippen LogP contribution in [0.1, 0.15) is 38.6 Å². The molecule has 1 aromatic heterocycles. The molecule has 114 valence electrons. The van der Waals surface area contributed by atoms with Gasteiger partial charge in [0.05, 0.1) is 0 Å². The molecule has 3 rings (SSSR count). The van der Waals surface area contributed by atoms with E-state index >= 15 is 0 Å². The van der Waals surface area contributed by atoms with Crippen molar-refractivity contribution in [3.63, 3.8) is 0 Å². The van der Waals surface area contributed by atoms with Gasteiger partial charge in [-0.2, -0.15) is 0 Å². The third-order valence-corrected chi connectivity index (χ3v) is 4.84. The Morgan fingerprint density at radius 1 is 1.48 bits per heavy atom. The number of nitrogens with zero attached hydrogens (tertiary/aromatic N) is 3. The van der Waals surface area contributed by atoms with Crippen LogP contribution in [-0.2, 0) is 16.5 Å². The topological polar surface area (TPSA) is 49.2 Å². The molecule has 21 heavy (non-hydrogen) atoms. The molecule has 1 saturated heterocycles. The first-order valence-electron chi connectivity index (χ1n) is 7.98. The van der Waals surface area contributed by atoms with Crippen LogP contribution in [-0.4, -0.2) is 46.5 Å². The molecular weight excluding hydrogens is 265 g/mol. The summed E-state index contributed by atoms with van der Waals surface area (Å²) in [5, 5.41) is 8.29. The Morgan fingerprint density at radius 3 is 3.05 bits per heavy atom. The normalized spacial score (nSPS) is 36.4. The standard InChI is InChI=1S/C15H24BN3O2/c1-4-11-10(2)21-14(15-18-17-9-19(15)3)12-5-6-16-7-8-20-13(11)12/h6,9-14H,4-5,7-8H2,1-3H3. The van der Waals surface area contributed by atoms with E-state index in [9.17, 15) is 0 Å². The number of fused-ring (bicyclic) bond motifs is 1. The Morgan fingerprint density at radius 2 is 2.33 bits per heavy atom. The van der Waals surface area contributed by atoms with Gasteiger partial charge in [-0.1, -0.05) is 0 Å².